The van der Waals surface area contributed by atoms with E-state index in [1.165, 1.54) is 12.8 Å². The average molecular weight is 238 g/mol. The van der Waals surface area contributed by atoms with Crippen molar-refractivity contribution in [1.82, 2.24) is 20.6 Å². The fourth-order valence-electron chi connectivity index (χ4n) is 1.94. The van der Waals surface area contributed by atoms with Gasteiger partial charge in [-0.2, -0.15) is 0 Å². The first-order chi connectivity index (χ1) is 7.90. The molecule has 2 rings (SSSR count). The van der Waals surface area contributed by atoms with E-state index in [0.29, 0.717) is 6.04 Å². The van der Waals surface area contributed by atoms with E-state index in [-0.39, 0.29) is 0 Å². The second-order valence-electron chi connectivity index (χ2n) is 3.94. The van der Waals surface area contributed by atoms with Crippen molar-refractivity contribution in [2.45, 2.75) is 30.5 Å². The summed E-state index contributed by atoms with van der Waals surface area (Å²) in [5, 5.41) is 7.93. The maximum atomic E-state index is 4.35. The average Bonchev–Trinajstić information content (AvgIpc) is 2.83. The van der Waals surface area contributed by atoms with E-state index >= 15 is 0 Å². The second-order valence-corrected chi connectivity index (χ2v) is 4.73. The van der Waals surface area contributed by atoms with Crippen molar-refractivity contribution in [2.24, 2.45) is 0 Å². The summed E-state index contributed by atoms with van der Waals surface area (Å²) in [6.45, 7) is 2.99. The van der Waals surface area contributed by atoms with Gasteiger partial charge in [-0.05, 0) is 25.6 Å². The Labute approximate surface area is 101 Å². The quantitative estimate of drug-likeness (QED) is 0.751. The van der Waals surface area contributed by atoms with Gasteiger partial charge in [-0.1, -0.05) is 0 Å². The van der Waals surface area contributed by atoms with Crippen molar-refractivity contribution in [3.8, 4) is 0 Å². The minimum Gasteiger partial charge on any atom is -0.313 e. The van der Waals surface area contributed by atoms with E-state index < -0.39 is 0 Å². The zero-order valence-electron chi connectivity index (χ0n) is 9.57. The monoisotopic (exact) mass is 238 g/mol. The fourth-order valence-corrected chi connectivity index (χ4v) is 2.47. The molecule has 1 saturated heterocycles. The molecule has 5 heteroatoms. The van der Waals surface area contributed by atoms with Crippen LogP contribution in [0.2, 0.25) is 0 Å². The van der Waals surface area contributed by atoms with Crippen LogP contribution in [-0.4, -0.2) is 35.4 Å². The Morgan fingerprint density at radius 1 is 1.50 bits per heavy atom. The number of aromatic nitrogens is 2. The predicted octanol–water partition coefficient (Wildman–Crippen LogP) is 1.04. The Morgan fingerprint density at radius 2 is 2.38 bits per heavy atom. The van der Waals surface area contributed by atoms with Crippen LogP contribution in [0.5, 0.6) is 0 Å². The van der Waals surface area contributed by atoms with Gasteiger partial charge in [0.05, 0.1) is 5.69 Å². The minimum atomic E-state index is 0.634. The van der Waals surface area contributed by atoms with Crippen LogP contribution in [0.25, 0.3) is 0 Å². The summed E-state index contributed by atoms with van der Waals surface area (Å²) in [6, 6.07) is 0.634. The van der Waals surface area contributed by atoms with E-state index in [0.717, 1.165) is 30.4 Å². The van der Waals surface area contributed by atoms with Crippen LogP contribution in [0.15, 0.2) is 17.4 Å². The van der Waals surface area contributed by atoms with Gasteiger partial charge in [0.2, 0.25) is 0 Å². The summed E-state index contributed by atoms with van der Waals surface area (Å²) in [4.78, 5) is 8.64. The van der Waals surface area contributed by atoms with Gasteiger partial charge in [0.1, 0.15) is 5.03 Å². The molecule has 88 valence electrons. The molecule has 1 fully saturated rings. The molecular formula is C11H18N4S. The zero-order valence-corrected chi connectivity index (χ0v) is 10.4. The third-order valence-electron chi connectivity index (χ3n) is 2.77. The molecule has 0 bridgehead atoms. The van der Waals surface area contributed by atoms with Gasteiger partial charge in [-0.3, -0.25) is 4.98 Å². The van der Waals surface area contributed by atoms with E-state index in [1.54, 1.807) is 24.2 Å². The van der Waals surface area contributed by atoms with Crippen molar-refractivity contribution in [3.63, 3.8) is 0 Å². The molecular weight excluding hydrogens is 220 g/mol. The third kappa shape index (κ3) is 3.17. The molecule has 16 heavy (non-hydrogen) atoms. The van der Waals surface area contributed by atoms with Gasteiger partial charge < -0.3 is 10.6 Å². The van der Waals surface area contributed by atoms with Crippen molar-refractivity contribution >= 4 is 11.8 Å². The van der Waals surface area contributed by atoms with Crippen molar-refractivity contribution in [2.75, 3.05) is 19.3 Å². The fraction of sp³-hybridized carbons (Fsp3) is 0.636. The van der Waals surface area contributed by atoms with Crippen LogP contribution < -0.4 is 10.6 Å². The molecule has 2 heterocycles. The Kier molecular flexibility index (Phi) is 4.56. The molecule has 1 aromatic rings. The first-order valence-corrected chi connectivity index (χ1v) is 6.90. The highest BCUT2D eigenvalue weighted by Gasteiger charge is 2.13. The standard InChI is InChI=1S/C11H18N4S/c1-16-11-10(14-5-6-15-11)8-12-7-9-3-2-4-13-9/h5-6,9,12-13H,2-4,7-8H2,1H3/t9-/m0/s1. The van der Waals surface area contributed by atoms with Crippen LogP contribution in [0.1, 0.15) is 18.5 Å². The van der Waals surface area contributed by atoms with E-state index in [2.05, 4.69) is 20.6 Å². The van der Waals surface area contributed by atoms with Crippen LogP contribution in [0, 0.1) is 0 Å². The largest absolute Gasteiger partial charge is 0.313 e. The smallest absolute Gasteiger partial charge is 0.119 e. The predicted molar refractivity (Wildman–Crippen MR) is 66.5 cm³/mol. The number of rotatable bonds is 5. The van der Waals surface area contributed by atoms with E-state index in [4.69, 9.17) is 0 Å². The maximum absolute atomic E-state index is 4.35. The number of thioether (sulfide) groups is 1. The third-order valence-corrected chi connectivity index (χ3v) is 3.50. The van der Waals surface area contributed by atoms with Crippen LogP contribution in [0.4, 0.5) is 0 Å². The number of hydrogen-bond donors (Lipinski definition) is 2. The topological polar surface area (TPSA) is 49.8 Å². The first kappa shape index (κ1) is 11.8. The van der Waals surface area contributed by atoms with Gasteiger partial charge in [0, 0.05) is 31.5 Å². The molecule has 1 atom stereocenters. The molecule has 0 radical (unpaired) electrons. The second kappa shape index (κ2) is 6.18. The van der Waals surface area contributed by atoms with Gasteiger partial charge in [-0.25, -0.2) is 4.98 Å². The molecule has 1 aliphatic rings. The molecule has 4 nitrogen and oxygen atoms in total. The first-order valence-electron chi connectivity index (χ1n) is 5.68. The highest BCUT2D eigenvalue weighted by atomic mass is 32.2. The lowest BCUT2D eigenvalue weighted by Gasteiger charge is -2.11. The Bertz CT molecular complexity index is 326. The molecule has 0 amide bonds. The van der Waals surface area contributed by atoms with Gasteiger partial charge in [0.25, 0.3) is 0 Å². The Morgan fingerprint density at radius 3 is 3.12 bits per heavy atom. The van der Waals surface area contributed by atoms with E-state index in [9.17, 15) is 0 Å². The number of nitrogens with one attached hydrogen (secondary N) is 2. The minimum absolute atomic E-state index is 0.634. The lowest BCUT2D eigenvalue weighted by molar-refractivity contribution is 0.529. The molecule has 0 spiro atoms. The molecule has 0 aromatic carbocycles. The highest BCUT2D eigenvalue weighted by Crippen LogP contribution is 2.14. The normalized spacial score (nSPS) is 20.2. The Balaban J connectivity index is 1.79. The lowest BCUT2D eigenvalue weighted by Crippen LogP contribution is -2.33. The summed E-state index contributed by atoms with van der Waals surface area (Å²) in [5.74, 6) is 0. The van der Waals surface area contributed by atoms with Gasteiger partial charge in [-0.15, -0.1) is 11.8 Å². The highest BCUT2D eigenvalue weighted by molar-refractivity contribution is 7.98. The summed E-state index contributed by atoms with van der Waals surface area (Å²) in [7, 11) is 0. The molecule has 0 unspecified atom stereocenters. The lowest BCUT2D eigenvalue weighted by atomic mass is 10.2. The van der Waals surface area contributed by atoms with Gasteiger partial charge in [0.15, 0.2) is 0 Å². The molecule has 1 aromatic heterocycles. The molecule has 0 saturated carbocycles. The van der Waals surface area contributed by atoms with Crippen molar-refractivity contribution in [3.05, 3.63) is 18.1 Å². The number of hydrogen-bond acceptors (Lipinski definition) is 5. The van der Waals surface area contributed by atoms with Crippen molar-refractivity contribution in [1.29, 1.82) is 0 Å². The molecule has 2 N–H and O–H groups in total. The van der Waals surface area contributed by atoms with Crippen LogP contribution in [0.3, 0.4) is 0 Å². The summed E-state index contributed by atoms with van der Waals surface area (Å²) in [5.41, 5.74) is 1.05. The SMILES string of the molecule is CSc1nccnc1CNC[C@@H]1CCCN1. The maximum Gasteiger partial charge on any atom is 0.119 e. The zero-order chi connectivity index (χ0) is 11.2. The van der Waals surface area contributed by atoms with Crippen molar-refractivity contribution < 1.29 is 0 Å². The summed E-state index contributed by atoms with van der Waals surface area (Å²) >= 11 is 1.65. The van der Waals surface area contributed by atoms with Crippen LogP contribution >= 0.6 is 11.8 Å². The van der Waals surface area contributed by atoms with E-state index in [1.807, 2.05) is 6.26 Å². The number of nitrogens with zero attached hydrogens (tertiary/aromatic N) is 2. The summed E-state index contributed by atoms with van der Waals surface area (Å²) in [6.07, 6.45) is 8.11. The van der Waals surface area contributed by atoms with Crippen LogP contribution in [-0.2, 0) is 6.54 Å². The molecule has 1 aliphatic heterocycles. The Hall–Kier alpha value is -0.650. The van der Waals surface area contributed by atoms with Gasteiger partial charge >= 0.3 is 0 Å². The summed E-state index contributed by atoms with van der Waals surface area (Å²) < 4.78 is 0. The molecule has 0 aliphatic carbocycles.